The predicted octanol–water partition coefficient (Wildman–Crippen LogP) is 1.52. The van der Waals surface area contributed by atoms with Crippen molar-refractivity contribution in [3.8, 4) is 0 Å². The summed E-state index contributed by atoms with van der Waals surface area (Å²) in [5.41, 5.74) is 0.267. The Labute approximate surface area is 159 Å². The Morgan fingerprint density at radius 1 is 1.15 bits per heavy atom. The lowest BCUT2D eigenvalue weighted by atomic mass is 9.93. The lowest BCUT2D eigenvalue weighted by molar-refractivity contribution is -0.143. The van der Waals surface area contributed by atoms with Crippen LogP contribution in [0.2, 0.25) is 0 Å². The van der Waals surface area contributed by atoms with Crippen LogP contribution in [-0.2, 0) is 21.9 Å². The van der Waals surface area contributed by atoms with Gasteiger partial charge in [-0.05, 0) is 38.7 Å². The maximum Gasteiger partial charge on any atom is 0.308 e. The third-order valence-electron chi connectivity index (χ3n) is 5.64. The number of hydrogen-bond donors (Lipinski definition) is 1. The summed E-state index contributed by atoms with van der Waals surface area (Å²) in [7, 11) is -1.97. The first-order chi connectivity index (χ1) is 12.7. The second kappa shape index (κ2) is 7.63. The van der Waals surface area contributed by atoms with Gasteiger partial charge in [-0.25, -0.2) is 8.42 Å². The van der Waals surface area contributed by atoms with Crippen molar-refractivity contribution >= 4 is 21.9 Å². The highest BCUT2D eigenvalue weighted by Crippen LogP contribution is 2.26. The minimum absolute atomic E-state index is 0.0786. The van der Waals surface area contributed by atoms with Crippen LogP contribution in [0, 0.1) is 5.92 Å². The van der Waals surface area contributed by atoms with Crippen LogP contribution in [0.4, 0.5) is 0 Å². The number of amides is 1. The zero-order valence-corrected chi connectivity index (χ0v) is 16.6. The Morgan fingerprint density at radius 2 is 1.81 bits per heavy atom. The molecular formula is C18H27N3O5S. The van der Waals surface area contributed by atoms with Gasteiger partial charge in [-0.3, -0.25) is 9.59 Å². The SMILES string of the molecule is CC1CCC(C(=O)O)CN1C(=O)c1cc(S(=O)(=O)N2CCCCC2)cn1C. The van der Waals surface area contributed by atoms with Gasteiger partial charge in [0, 0.05) is 38.9 Å². The fourth-order valence-electron chi connectivity index (χ4n) is 3.88. The van der Waals surface area contributed by atoms with Gasteiger partial charge in [0.05, 0.1) is 5.92 Å². The molecule has 0 spiro atoms. The molecule has 2 aliphatic rings. The third-order valence-corrected chi connectivity index (χ3v) is 7.51. The zero-order valence-electron chi connectivity index (χ0n) is 15.8. The van der Waals surface area contributed by atoms with Gasteiger partial charge in [0.25, 0.3) is 5.91 Å². The van der Waals surface area contributed by atoms with Crippen LogP contribution in [-0.4, -0.2) is 64.8 Å². The molecule has 0 bridgehead atoms. The molecular weight excluding hydrogens is 370 g/mol. The summed E-state index contributed by atoms with van der Waals surface area (Å²) >= 11 is 0. The largest absolute Gasteiger partial charge is 0.481 e. The zero-order chi connectivity index (χ0) is 19.8. The lowest BCUT2D eigenvalue weighted by Crippen LogP contribution is -2.47. The van der Waals surface area contributed by atoms with E-state index < -0.39 is 21.9 Å². The Morgan fingerprint density at radius 3 is 2.44 bits per heavy atom. The minimum Gasteiger partial charge on any atom is -0.481 e. The number of carbonyl (C=O) groups is 2. The number of piperidine rings is 2. The van der Waals surface area contributed by atoms with Crippen LogP contribution < -0.4 is 0 Å². The molecule has 1 aromatic heterocycles. The van der Waals surface area contributed by atoms with Gasteiger partial charge in [0.2, 0.25) is 10.0 Å². The summed E-state index contributed by atoms with van der Waals surface area (Å²) in [6, 6.07) is 1.34. The van der Waals surface area contributed by atoms with Crippen LogP contribution in [0.1, 0.15) is 49.5 Å². The van der Waals surface area contributed by atoms with E-state index in [0.29, 0.717) is 25.9 Å². The molecule has 2 saturated heterocycles. The van der Waals surface area contributed by atoms with Crippen molar-refractivity contribution < 1.29 is 23.1 Å². The van der Waals surface area contributed by atoms with Crippen LogP contribution in [0.25, 0.3) is 0 Å². The molecule has 0 aromatic carbocycles. The van der Waals surface area contributed by atoms with Gasteiger partial charge in [-0.1, -0.05) is 6.42 Å². The van der Waals surface area contributed by atoms with E-state index in [2.05, 4.69) is 0 Å². The quantitative estimate of drug-likeness (QED) is 0.830. The van der Waals surface area contributed by atoms with E-state index in [0.717, 1.165) is 19.3 Å². The molecule has 1 amide bonds. The highest BCUT2D eigenvalue weighted by atomic mass is 32.2. The van der Waals surface area contributed by atoms with Gasteiger partial charge in [-0.2, -0.15) is 4.31 Å². The van der Waals surface area contributed by atoms with E-state index in [9.17, 15) is 23.1 Å². The van der Waals surface area contributed by atoms with Crippen molar-refractivity contribution in [2.24, 2.45) is 13.0 Å². The maximum atomic E-state index is 13.0. The number of carbonyl (C=O) groups excluding carboxylic acids is 1. The molecule has 2 aliphatic heterocycles. The number of aromatic nitrogens is 1. The summed E-state index contributed by atoms with van der Waals surface area (Å²) < 4.78 is 28.7. The van der Waals surface area contributed by atoms with Gasteiger partial charge >= 0.3 is 5.97 Å². The predicted molar refractivity (Wildman–Crippen MR) is 98.9 cm³/mol. The number of hydrogen-bond acceptors (Lipinski definition) is 4. The van der Waals surface area contributed by atoms with E-state index in [4.69, 9.17) is 0 Å². The molecule has 2 unspecified atom stereocenters. The number of carboxylic acid groups (broad SMARTS) is 1. The summed E-state index contributed by atoms with van der Waals surface area (Å²) in [4.78, 5) is 26.0. The molecule has 2 fully saturated rings. The number of likely N-dealkylation sites (tertiary alicyclic amines) is 1. The minimum atomic E-state index is -3.62. The molecule has 0 aliphatic carbocycles. The Hall–Kier alpha value is -1.87. The average molecular weight is 397 g/mol. The molecule has 9 heteroatoms. The lowest BCUT2D eigenvalue weighted by Gasteiger charge is -2.36. The monoisotopic (exact) mass is 397 g/mol. The van der Waals surface area contributed by atoms with Gasteiger partial charge in [0.1, 0.15) is 10.6 Å². The standard InChI is InChI=1S/C18H27N3O5S/c1-13-6-7-14(18(23)24)11-21(13)17(22)16-10-15(12-19(16)2)27(25,26)20-8-4-3-5-9-20/h10,12-14H,3-9,11H2,1-2H3,(H,23,24). The number of rotatable bonds is 4. The van der Waals surface area contributed by atoms with Gasteiger partial charge in [-0.15, -0.1) is 0 Å². The molecule has 0 saturated carbocycles. The van der Waals surface area contributed by atoms with Crippen LogP contribution in [0.3, 0.4) is 0 Å². The molecule has 27 heavy (non-hydrogen) atoms. The first kappa shape index (κ1) is 19.9. The molecule has 150 valence electrons. The van der Waals surface area contributed by atoms with Gasteiger partial charge in [0.15, 0.2) is 0 Å². The molecule has 3 heterocycles. The summed E-state index contributed by atoms with van der Waals surface area (Å²) in [5.74, 6) is -1.81. The number of nitrogens with zero attached hydrogens (tertiary/aromatic N) is 3. The fraction of sp³-hybridized carbons (Fsp3) is 0.667. The number of aryl methyl sites for hydroxylation is 1. The molecule has 8 nitrogen and oxygen atoms in total. The Balaban J connectivity index is 1.85. The summed E-state index contributed by atoms with van der Waals surface area (Å²) in [6.45, 7) is 3.05. The van der Waals surface area contributed by atoms with Crippen molar-refractivity contribution in [3.63, 3.8) is 0 Å². The fourth-order valence-corrected chi connectivity index (χ4v) is 5.47. The van der Waals surface area contributed by atoms with Crippen LogP contribution in [0.15, 0.2) is 17.2 Å². The van der Waals surface area contributed by atoms with Crippen molar-refractivity contribution in [1.82, 2.24) is 13.8 Å². The average Bonchev–Trinajstić information content (AvgIpc) is 3.04. The van der Waals surface area contributed by atoms with Crippen molar-refractivity contribution in [1.29, 1.82) is 0 Å². The maximum absolute atomic E-state index is 13.0. The smallest absolute Gasteiger partial charge is 0.308 e. The number of carboxylic acids is 1. The third kappa shape index (κ3) is 3.89. The second-order valence-electron chi connectivity index (χ2n) is 7.56. The van der Waals surface area contributed by atoms with Crippen molar-refractivity contribution in [3.05, 3.63) is 18.0 Å². The molecule has 1 aromatic rings. The Bertz CT molecular complexity index is 826. The molecule has 0 radical (unpaired) electrons. The Kier molecular flexibility index (Phi) is 5.62. The van der Waals surface area contributed by atoms with Crippen molar-refractivity contribution in [2.75, 3.05) is 19.6 Å². The molecule has 3 rings (SSSR count). The molecule has 1 N–H and O–H groups in total. The summed E-state index contributed by atoms with van der Waals surface area (Å²) in [5, 5.41) is 9.28. The van der Waals surface area contributed by atoms with Crippen LogP contribution >= 0.6 is 0 Å². The second-order valence-corrected chi connectivity index (χ2v) is 9.49. The van der Waals surface area contributed by atoms with Crippen molar-refractivity contribution in [2.45, 2.75) is 50.0 Å². The van der Waals surface area contributed by atoms with Gasteiger partial charge < -0.3 is 14.6 Å². The van der Waals surface area contributed by atoms with E-state index in [1.807, 2.05) is 6.92 Å². The topological polar surface area (TPSA) is 99.9 Å². The number of sulfonamides is 1. The first-order valence-electron chi connectivity index (χ1n) is 9.42. The number of aliphatic carboxylic acids is 1. The normalized spacial score (nSPS) is 24.7. The summed E-state index contributed by atoms with van der Waals surface area (Å²) in [6.07, 6.45) is 5.36. The highest BCUT2D eigenvalue weighted by Gasteiger charge is 2.35. The van der Waals surface area contributed by atoms with E-state index in [1.54, 1.807) is 11.9 Å². The van der Waals surface area contributed by atoms with E-state index in [-0.39, 0.29) is 29.1 Å². The first-order valence-corrected chi connectivity index (χ1v) is 10.9. The van der Waals surface area contributed by atoms with Crippen LogP contribution in [0.5, 0.6) is 0 Å². The highest BCUT2D eigenvalue weighted by molar-refractivity contribution is 7.89. The van der Waals surface area contributed by atoms with E-state index >= 15 is 0 Å². The van der Waals surface area contributed by atoms with E-state index in [1.165, 1.54) is 21.1 Å². The molecule has 2 atom stereocenters.